The molecule has 0 aromatic heterocycles. The van der Waals surface area contributed by atoms with Crippen molar-refractivity contribution in [3.8, 4) is 23.0 Å². The second-order valence-corrected chi connectivity index (χ2v) is 16.8. The number of rotatable bonds is 18. The van der Waals surface area contributed by atoms with Crippen LogP contribution >= 0.6 is 15.9 Å². The normalized spacial score (nSPS) is 11.2. The molecule has 8 aromatic carbocycles. The van der Waals surface area contributed by atoms with Gasteiger partial charge in [0, 0.05) is 22.5 Å². The molecule has 0 amide bonds. The second-order valence-electron chi connectivity index (χ2n) is 15.5. The van der Waals surface area contributed by atoms with Crippen LogP contribution in [0.2, 0.25) is 0 Å². The van der Waals surface area contributed by atoms with Crippen LogP contribution in [0.4, 0.5) is 11.4 Å². The maximum Gasteiger partial charge on any atom is 0.184 e. The maximum atomic E-state index is 13.0. The highest BCUT2D eigenvalue weighted by Gasteiger charge is 2.16. The molecule has 340 valence electrons. The summed E-state index contributed by atoms with van der Waals surface area (Å²) in [5.74, 6) is 3.08. The zero-order valence-corrected chi connectivity index (χ0v) is 39.3. The third kappa shape index (κ3) is 17.0. The molecule has 0 heterocycles. The van der Waals surface area contributed by atoms with E-state index in [2.05, 4.69) is 21.2 Å². The Labute approximate surface area is 402 Å². The molecule has 0 fully saturated rings. The highest BCUT2D eigenvalue weighted by Crippen LogP contribution is 2.22. The summed E-state index contributed by atoms with van der Waals surface area (Å²) in [6.07, 6.45) is 0. The van der Waals surface area contributed by atoms with Crippen LogP contribution in [0.25, 0.3) is 0 Å². The highest BCUT2D eigenvalue weighted by molar-refractivity contribution is 9.10. The van der Waals surface area contributed by atoms with E-state index < -0.39 is 0 Å². The quantitative estimate of drug-likeness (QED) is 0.0497. The van der Waals surface area contributed by atoms with Crippen molar-refractivity contribution in [1.29, 1.82) is 0 Å². The van der Waals surface area contributed by atoms with Crippen LogP contribution < -0.4 is 30.0 Å². The minimum atomic E-state index is -0.384. The van der Waals surface area contributed by atoms with E-state index in [-0.39, 0.29) is 22.4 Å². The average molecular weight is 956 g/mol. The number of alkyl halides is 1. The molecule has 8 rings (SSSR count). The number of nitrogens with one attached hydrogen (secondary N) is 1. The Morgan fingerprint density at radius 1 is 0.433 bits per heavy atom. The number of benzene rings is 8. The van der Waals surface area contributed by atoms with Gasteiger partial charge >= 0.3 is 0 Å². The fourth-order valence-electron chi connectivity index (χ4n) is 6.45. The van der Waals surface area contributed by atoms with Gasteiger partial charge in [-0.2, -0.15) is 0 Å². The molecule has 8 nitrogen and oxygen atoms in total. The lowest BCUT2D eigenvalue weighted by Crippen LogP contribution is -2.26. The van der Waals surface area contributed by atoms with Crippen molar-refractivity contribution in [2.75, 3.05) is 11.1 Å². The standard InChI is InChI=1S/C29H27NO3.C16H15BrO2.C13H13NO/c1-22(30-26-15-17-27(18-16-26)32-20-23-9-4-2-5-10-23)29(31)25-13-8-14-28(19-25)33-21-24-11-6-3-7-12-24;1-12(17)16(18)14-8-5-9-15(10-14)19-11-13-6-3-2-4-7-13;14-12-6-8-13(9-7-12)15-10-11-4-2-1-3-5-11/h2-19,22,30H,20-21H2,1H3;2-10,12H,11H2,1H3;1-9H,10,14H2. The smallest absolute Gasteiger partial charge is 0.184 e. The third-order valence-corrected chi connectivity index (χ3v) is 10.5. The minimum Gasteiger partial charge on any atom is -0.489 e. The van der Waals surface area contributed by atoms with E-state index in [9.17, 15) is 9.59 Å². The number of ketones is 2. The number of hydrogen-bond acceptors (Lipinski definition) is 8. The molecule has 2 unspecified atom stereocenters. The van der Waals surface area contributed by atoms with E-state index in [1.54, 1.807) is 18.2 Å². The van der Waals surface area contributed by atoms with Crippen molar-refractivity contribution in [3.63, 3.8) is 0 Å². The molecular formula is C58H55BrN2O6. The molecule has 0 aliphatic rings. The number of ether oxygens (including phenoxy) is 4. The molecule has 0 aliphatic heterocycles. The van der Waals surface area contributed by atoms with E-state index in [0.29, 0.717) is 49.1 Å². The number of carbonyl (C=O) groups is 2. The Kier molecular flexibility index (Phi) is 19.2. The number of anilines is 2. The minimum absolute atomic E-state index is 0.00423. The molecule has 0 radical (unpaired) electrons. The van der Waals surface area contributed by atoms with Crippen LogP contribution in [0.15, 0.2) is 218 Å². The largest absolute Gasteiger partial charge is 0.489 e. The van der Waals surface area contributed by atoms with Crippen molar-refractivity contribution in [2.24, 2.45) is 0 Å². The Balaban J connectivity index is 0.000000183. The summed E-state index contributed by atoms with van der Waals surface area (Å²) in [6, 6.07) is 69.3. The second kappa shape index (κ2) is 26.4. The Bertz CT molecular complexity index is 2680. The molecule has 67 heavy (non-hydrogen) atoms. The van der Waals surface area contributed by atoms with Gasteiger partial charge < -0.3 is 30.0 Å². The first-order valence-corrected chi connectivity index (χ1v) is 22.9. The number of carbonyl (C=O) groups excluding carboxylic acids is 2. The maximum absolute atomic E-state index is 13.0. The van der Waals surface area contributed by atoms with Gasteiger partial charge in [0.15, 0.2) is 11.6 Å². The monoisotopic (exact) mass is 954 g/mol. The fraction of sp³-hybridized carbons (Fsp3) is 0.138. The first kappa shape index (κ1) is 48.8. The van der Waals surface area contributed by atoms with Crippen molar-refractivity contribution in [1.82, 2.24) is 0 Å². The van der Waals surface area contributed by atoms with Gasteiger partial charge in [0.05, 0.1) is 10.9 Å². The van der Waals surface area contributed by atoms with Gasteiger partial charge in [0.2, 0.25) is 0 Å². The molecule has 0 saturated carbocycles. The molecule has 3 N–H and O–H groups in total. The average Bonchev–Trinajstić information content (AvgIpc) is 3.38. The van der Waals surface area contributed by atoms with Crippen molar-refractivity contribution < 1.29 is 28.5 Å². The number of Topliss-reactive ketones (excluding diaryl/α,β-unsaturated/α-hetero) is 2. The van der Waals surface area contributed by atoms with Crippen molar-refractivity contribution in [3.05, 3.63) is 252 Å². The summed E-state index contributed by atoms with van der Waals surface area (Å²) in [6.45, 7) is 5.75. The predicted molar refractivity (Wildman–Crippen MR) is 273 cm³/mol. The van der Waals surface area contributed by atoms with Crippen molar-refractivity contribution >= 4 is 38.9 Å². The van der Waals surface area contributed by atoms with Gasteiger partial charge in [-0.15, -0.1) is 0 Å². The number of hydrogen-bond donors (Lipinski definition) is 2. The number of nitrogen functional groups attached to an aromatic ring is 1. The fourth-order valence-corrected chi connectivity index (χ4v) is 6.71. The Hall–Kier alpha value is -7.62. The van der Waals surface area contributed by atoms with Gasteiger partial charge in [-0.25, -0.2) is 0 Å². The van der Waals surface area contributed by atoms with Crippen LogP contribution in [-0.4, -0.2) is 22.4 Å². The van der Waals surface area contributed by atoms with Crippen LogP contribution in [0.1, 0.15) is 56.8 Å². The third-order valence-electron chi connectivity index (χ3n) is 10.1. The molecule has 9 heteroatoms. The lowest BCUT2D eigenvalue weighted by Gasteiger charge is -2.15. The predicted octanol–water partition coefficient (Wildman–Crippen LogP) is 13.6. The summed E-state index contributed by atoms with van der Waals surface area (Å²) in [5, 5.41) is 3.27. The van der Waals surface area contributed by atoms with Crippen LogP contribution in [0.5, 0.6) is 23.0 Å². The topological polar surface area (TPSA) is 109 Å². The van der Waals surface area contributed by atoms with E-state index in [4.69, 9.17) is 24.7 Å². The summed E-state index contributed by atoms with van der Waals surface area (Å²) in [4.78, 5) is 24.6. The molecule has 8 aromatic rings. The van der Waals surface area contributed by atoms with Crippen molar-refractivity contribution in [2.45, 2.75) is 51.1 Å². The van der Waals surface area contributed by atoms with Crippen LogP contribution in [0, 0.1) is 0 Å². The van der Waals surface area contributed by atoms with E-state index in [1.807, 2.05) is 214 Å². The summed E-state index contributed by atoms with van der Waals surface area (Å²) < 4.78 is 23.0. The van der Waals surface area contributed by atoms with Crippen LogP contribution in [0.3, 0.4) is 0 Å². The number of halogens is 1. The lowest BCUT2D eigenvalue weighted by atomic mass is 10.0. The van der Waals surface area contributed by atoms with Gasteiger partial charge in [-0.3, -0.25) is 9.59 Å². The Morgan fingerprint density at radius 3 is 1.15 bits per heavy atom. The first-order chi connectivity index (χ1) is 32.7. The molecule has 2 atom stereocenters. The van der Waals surface area contributed by atoms with Crippen LogP contribution in [-0.2, 0) is 26.4 Å². The number of nitrogens with two attached hydrogens (primary N) is 1. The first-order valence-electron chi connectivity index (χ1n) is 22.0. The zero-order chi connectivity index (χ0) is 47.1. The van der Waals surface area contributed by atoms with Gasteiger partial charge in [0.25, 0.3) is 0 Å². The summed E-state index contributed by atoms with van der Waals surface area (Å²) in [5.41, 5.74) is 12.9. The Morgan fingerprint density at radius 2 is 0.776 bits per heavy atom. The highest BCUT2D eigenvalue weighted by atomic mass is 79.9. The summed E-state index contributed by atoms with van der Waals surface area (Å²) in [7, 11) is 0. The van der Waals surface area contributed by atoms with Gasteiger partial charge in [-0.1, -0.05) is 162 Å². The van der Waals surface area contributed by atoms with E-state index >= 15 is 0 Å². The molecule has 0 spiro atoms. The molecule has 0 bridgehead atoms. The molecule has 0 saturated heterocycles. The molecule has 0 aliphatic carbocycles. The van der Waals surface area contributed by atoms with E-state index in [1.165, 1.54) is 0 Å². The SMILES string of the molecule is CC(Br)C(=O)c1cccc(OCc2ccccc2)c1.CC(Nc1ccc(OCc2ccccc2)cc1)C(=O)c1cccc(OCc2ccccc2)c1.Nc1ccc(OCc2ccccc2)cc1. The molecular weight excluding hydrogens is 901 g/mol. The van der Waals surface area contributed by atoms with Gasteiger partial charge in [-0.05, 0) is 109 Å². The lowest BCUT2D eigenvalue weighted by molar-refractivity contribution is 0.0972. The van der Waals surface area contributed by atoms with E-state index in [0.717, 1.165) is 45.1 Å². The van der Waals surface area contributed by atoms with Gasteiger partial charge in [0.1, 0.15) is 49.4 Å². The summed E-state index contributed by atoms with van der Waals surface area (Å²) >= 11 is 3.29. The zero-order valence-electron chi connectivity index (χ0n) is 37.7.